The molecule has 3 aromatic rings. The molecule has 0 bridgehead atoms. The molecule has 3 aromatic heterocycles. The van der Waals surface area contributed by atoms with Crippen LogP contribution in [0.1, 0.15) is 18.9 Å². The maximum Gasteiger partial charge on any atom is 0.410 e. The van der Waals surface area contributed by atoms with Crippen LogP contribution >= 0.6 is 0 Å². The maximum absolute atomic E-state index is 12.3. The summed E-state index contributed by atoms with van der Waals surface area (Å²) < 4.78 is 18.2. The highest BCUT2D eigenvalue weighted by atomic mass is 16.6. The Kier molecular flexibility index (Phi) is 5.39. The number of amides is 1. The van der Waals surface area contributed by atoms with Crippen molar-refractivity contribution in [3.63, 3.8) is 0 Å². The van der Waals surface area contributed by atoms with Gasteiger partial charge < -0.3 is 33.6 Å². The number of aromatic nitrogens is 4. The Morgan fingerprint density at radius 2 is 1.91 bits per heavy atom. The molecule has 33 heavy (non-hydrogen) atoms. The summed E-state index contributed by atoms with van der Waals surface area (Å²) in [5.74, 6) is 0. The first-order valence-corrected chi connectivity index (χ1v) is 11.6. The molecule has 0 aromatic carbocycles. The van der Waals surface area contributed by atoms with Crippen LogP contribution in [-0.4, -0.2) is 89.2 Å². The van der Waals surface area contributed by atoms with Gasteiger partial charge in [-0.25, -0.2) is 14.8 Å². The first-order valence-electron chi connectivity index (χ1n) is 11.6. The number of hydrogen-bond acceptors (Lipinski definition) is 7. The summed E-state index contributed by atoms with van der Waals surface area (Å²) in [7, 11) is 0. The van der Waals surface area contributed by atoms with E-state index < -0.39 is 0 Å². The molecule has 10 heteroatoms. The fraction of sp³-hybridized carbons (Fsp3) is 0.522. The zero-order valence-corrected chi connectivity index (χ0v) is 18.5. The van der Waals surface area contributed by atoms with Crippen molar-refractivity contribution in [3.8, 4) is 11.4 Å². The fourth-order valence-corrected chi connectivity index (χ4v) is 4.71. The third-order valence-corrected chi connectivity index (χ3v) is 6.75. The van der Waals surface area contributed by atoms with Gasteiger partial charge in [-0.1, -0.05) is 0 Å². The first kappa shape index (κ1) is 20.5. The van der Waals surface area contributed by atoms with E-state index >= 15 is 0 Å². The molecule has 174 valence electrons. The van der Waals surface area contributed by atoms with Gasteiger partial charge in [-0.05, 0) is 25.0 Å². The Labute approximate surface area is 191 Å². The van der Waals surface area contributed by atoms with E-state index in [-0.39, 0.29) is 12.2 Å². The second-order valence-corrected chi connectivity index (χ2v) is 8.84. The Hall–Kier alpha value is -3.11. The van der Waals surface area contributed by atoms with Crippen LogP contribution < -0.4 is 4.90 Å². The number of pyridine rings is 1. The van der Waals surface area contributed by atoms with E-state index in [1.54, 1.807) is 4.90 Å². The van der Waals surface area contributed by atoms with Gasteiger partial charge in [-0.2, -0.15) is 0 Å². The molecule has 3 aliphatic rings. The highest BCUT2D eigenvalue weighted by molar-refractivity contribution is 5.93. The van der Waals surface area contributed by atoms with Crippen molar-refractivity contribution in [2.24, 2.45) is 0 Å². The van der Waals surface area contributed by atoms with Crippen LogP contribution in [0.3, 0.4) is 0 Å². The molecular weight excluding hydrogens is 424 g/mol. The summed E-state index contributed by atoms with van der Waals surface area (Å²) in [4.78, 5) is 29.0. The van der Waals surface area contributed by atoms with Gasteiger partial charge in [-0.15, -0.1) is 0 Å². The molecule has 6 rings (SSSR count). The minimum absolute atomic E-state index is 0.0939. The second kappa shape index (κ2) is 8.68. The summed E-state index contributed by atoms with van der Waals surface area (Å²) >= 11 is 0. The first-order chi connectivity index (χ1) is 16.2. The number of hydrogen-bond donors (Lipinski definition) is 1. The Morgan fingerprint density at radius 1 is 1.09 bits per heavy atom. The van der Waals surface area contributed by atoms with Gasteiger partial charge >= 0.3 is 6.09 Å². The molecule has 0 saturated carbocycles. The molecule has 0 unspecified atom stereocenters. The number of rotatable bonds is 4. The molecular formula is C23H28N6O4. The molecule has 0 atom stereocenters. The van der Waals surface area contributed by atoms with E-state index in [9.17, 15) is 4.79 Å². The quantitative estimate of drug-likeness (QED) is 0.649. The number of carbonyl (C=O) groups excluding carboxylic acids is 1. The number of nitrogens with zero attached hydrogens (tertiary/aromatic N) is 5. The van der Waals surface area contributed by atoms with Crippen molar-refractivity contribution in [1.29, 1.82) is 0 Å². The molecule has 3 saturated heterocycles. The van der Waals surface area contributed by atoms with Crippen LogP contribution in [0, 0.1) is 0 Å². The molecule has 3 fully saturated rings. The van der Waals surface area contributed by atoms with E-state index in [2.05, 4.69) is 36.7 Å². The summed E-state index contributed by atoms with van der Waals surface area (Å²) in [6.07, 6.45) is 7.55. The van der Waals surface area contributed by atoms with Gasteiger partial charge in [0.05, 0.1) is 25.2 Å². The molecule has 6 heterocycles. The zero-order chi connectivity index (χ0) is 22.2. The average Bonchev–Trinajstić information content (AvgIpc) is 3.49. The number of aromatic amines is 1. The zero-order valence-electron chi connectivity index (χ0n) is 18.5. The number of ether oxygens (including phenoxy) is 3. The van der Waals surface area contributed by atoms with Crippen LogP contribution in [0.25, 0.3) is 22.4 Å². The Morgan fingerprint density at radius 3 is 2.67 bits per heavy atom. The minimum Gasteiger partial charge on any atom is -0.441 e. The summed E-state index contributed by atoms with van der Waals surface area (Å²) in [5.41, 5.74) is 3.83. The van der Waals surface area contributed by atoms with Gasteiger partial charge in [0, 0.05) is 68.9 Å². The molecule has 0 radical (unpaired) electrons. The average molecular weight is 453 g/mol. The lowest BCUT2D eigenvalue weighted by atomic mass is 10.1. The van der Waals surface area contributed by atoms with E-state index in [4.69, 9.17) is 14.2 Å². The number of carbonyl (C=O) groups is 1. The van der Waals surface area contributed by atoms with Crippen LogP contribution in [0.15, 0.2) is 30.9 Å². The van der Waals surface area contributed by atoms with Crippen molar-refractivity contribution in [1.82, 2.24) is 24.4 Å². The smallest absolute Gasteiger partial charge is 0.410 e. The van der Waals surface area contributed by atoms with Gasteiger partial charge in [0.15, 0.2) is 6.10 Å². The van der Waals surface area contributed by atoms with Crippen LogP contribution in [-0.2, 0) is 14.2 Å². The summed E-state index contributed by atoms with van der Waals surface area (Å²) in [5, 5.41) is 1.07. The highest BCUT2D eigenvalue weighted by Gasteiger charge is 2.28. The monoisotopic (exact) mass is 452 g/mol. The predicted molar refractivity (Wildman–Crippen MR) is 121 cm³/mol. The molecule has 0 spiro atoms. The molecule has 3 aliphatic heterocycles. The number of H-pyrrole nitrogens is 1. The lowest BCUT2D eigenvalue weighted by Gasteiger charge is -2.37. The van der Waals surface area contributed by atoms with Gasteiger partial charge in [0.2, 0.25) is 0 Å². The standard InChI is InChI=1S/C23H28N6O4/c30-23(33-17-13-32-14-17)28-7-5-27(6-8-28)21-1-4-24-22-18(21)11-19(26-22)20-12-29(15-25-20)16-2-9-31-10-3-16/h1,4,11-12,15-17H,2-3,5-10,13-14H2,(H,24,26). The van der Waals surface area contributed by atoms with E-state index in [1.165, 1.54) is 0 Å². The van der Waals surface area contributed by atoms with Crippen LogP contribution in [0.2, 0.25) is 0 Å². The summed E-state index contributed by atoms with van der Waals surface area (Å²) in [6, 6.07) is 4.61. The van der Waals surface area contributed by atoms with Crippen molar-refractivity contribution in [3.05, 3.63) is 30.9 Å². The van der Waals surface area contributed by atoms with Crippen molar-refractivity contribution in [2.75, 3.05) is 57.5 Å². The Bertz CT molecular complexity index is 1130. The van der Waals surface area contributed by atoms with Gasteiger partial charge in [0.25, 0.3) is 0 Å². The third kappa shape index (κ3) is 4.04. The van der Waals surface area contributed by atoms with Gasteiger partial charge in [0.1, 0.15) is 11.3 Å². The lowest BCUT2D eigenvalue weighted by Crippen LogP contribution is -2.51. The van der Waals surface area contributed by atoms with E-state index in [0.717, 1.165) is 67.3 Å². The molecule has 0 aliphatic carbocycles. The fourth-order valence-electron chi connectivity index (χ4n) is 4.71. The van der Waals surface area contributed by atoms with Crippen molar-refractivity contribution >= 4 is 22.8 Å². The highest BCUT2D eigenvalue weighted by Crippen LogP contribution is 2.31. The maximum atomic E-state index is 12.3. The minimum atomic E-state index is -0.244. The number of imidazole rings is 1. The predicted octanol–water partition coefficient (Wildman–Crippen LogP) is 2.44. The van der Waals surface area contributed by atoms with Crippen LogP contribution in [0.4, 0.5) is 10.5 Å². The molecule has 10 nitrogen and oxygen atoms in total. The van der Waals surface area contributed by atoms with Crippen LogP contribution in [0.5, 0.6) is 0 Å². The van der Waals surface area contributed by atoms with Gasteiger partial charge in [-0.3, -0.25) is 0 Å². The number of nitrogens with one attached hydrogen (secondary N) is 1. The lowest BCUT2D eigenvalue weighted by molar-refractivity contribution is -0.104. The van der Waals surface area contributed by atoms with E-state index in [1.807, 2.05) is 18.6 Å². The number of anilines is 1. The summed E-state index contributed by atoms with van der Waals surface area (Å²) in [6.45, 7) is 5.36. The number of piperazine rings is 1. The topological polar surface area (TPSA) is 97.7 Å². The normalized spacial score (nSPS) is 20.2. The second-order valence-electron chi connectivity index (χ2n) is 8.84. The third-order valence-electron chi connectivity index (χ3n) is 6.75. The molecule has 1 N–H and O–H groups in total. The Balaban J connectivity index is 1.17. The van der Waals surface area contributed by atoms with Crippen molar-refractivity contribution in [2.45, 2.75) is 25.0 Å². The largest absolute Gasteiger partial charge is 0.441 e. The van der Waals surface area contributed by atoms with Crippen molar-refractivity contribution < 1.29 is 19.0 Å². The number of fused-ring (bicyclic) bond motifs is 1. The van der Waals surface area contributed by atoms with E-state index in [0.29, 0.717) is 32.3 Å². The molecule has 1 amide bonds. The SMILES string of the molecule is O=C(OC1COC1)N1CCN(c2ccnc3[nH]c(-c4cn(C5CCOCC5)cn4)cc23)CC1.